The fraction of sp³-hybridized carbons (Fsp3) is 0.214. The van der Waals surface area contributed by atoms with E-state index in [9.17, 15) is 4.79 Å². The molecule has 0 atom stereocenters. The van der Waals surface area contributed by atoms with E-state index >= 15 is 0 Å². The summed E-state index contributed by atoms with van der Waals surface area (Å²) >= 11 is 0. The highest BCUT2D eigenvalue weighted by Gasteiger charge is 2.13. The van der Waals surface area contributed by atoms with E-state index in [4.69, 9.17) is 4.74 Å². The number of carbonyl (C=O) groups excluding carboxylic acids is 1. The molecule has 2 aromatic rings. The molecular formula is C14H16N2O2. The van der Waals surface area contributed by atoms with Gasteiger partial charge in [0, 0.05) is 13.2 Å². The highest BCUT2D eigenvalue weighted by molar-refractivity contribution is 5.97. The maximum Gasteiger partial charge on any atom is 0.198 e. The standard InChI is InChI=1S/C14H16N2O2/c1-16(10-13(17)11-6-5-9-15-11)12-7-3-4-8-14(12)18-2/h3-9,15H,10H2,1-2H3. The summed E-state index contributed by atoms with van der Waals surface area (Å²) in [6.45, 7) is 0.306. The number of rotatable bonds is 5. The summed E-state index contributed by atoms with van der Waals surface area (Å²) in [7, 11) is 3.50. The smallest absolute Gasteiger partial charge is 0.198 e. The normalized spacial score (nSPS) is 10.1. The van der Waals surface area contributed by atoms with Crippen molar-refractivity contribution in [3.05, 3.63) is 48.3 Å². The fourth-order valence-corrected chi connectivity index (χ4v) is 1.83. The molecule has 18 heavy (non-hydrogen) atoms. The minimum atomic E-state index is 0.0495. The Morgan fingerprint density at radius 1 is 1.28 bits per heavy atom. The van der Waals surface area contributed by atoms with E-state index in [1.54, 1.807) is 19.4 Å². The molecule has 0 spiro atoms. The molecule has 0 amide bonds. The van der Waals surface area contributed by atoms with Gasteiger partial charge in [0.25, 0.3) is 0 Å². The van der Waals surface area contributed by atoms with Crippen molar-refractivity contribution >= 4 is 11.5 Å². The first-order chi connectivity index (χ1) is 8.72. The predicted octanol–water partition coefficient (Wildman–Crippen LogP) is 2.34. The van der Waals surface area contributed by atoms with Crippen LogP contribution in [0.25, 0.3) is 0 Å². The molecule has 0 aliphatic rings. The summed E-state index contributed by atoms with van der Waals surface area (Å²) in [5.74, 6) is 0.813. The average Bonchev–Trinajstić information content (AvgIpc) is 2.92. The number of carbonyl (C=O) groups is 1. The average molecular weight is 244 g/mol. The van der Waals surface area contributed by atoms with E-state index in [1.165, 1.54) is 0 Å². The number of methoxy groups -OCH3 is 1. The van der Waals surface area contributed by atoms with Gasteiger partial charge in [0.1, 0.15) is 5.75 Å². The number of ketones is 1. The van der Waals surface area contributed by atoms with Crippen molar-refractivity contribution in [3.63, 3.8) is 0 Å². The first-order valence-corrected chi connectivity index (χ1v) is 5.73. The number of H-pyrrole nitrogens is 1. The van der Waals surface area contributed by atoms with Crippen LogP contribution in [0.4, 0.5) is 5.69 Å². The van der Waals surface area contributed by atoms with Crippen LogP contribution in [0.1, 0.15) is 10.5 Å². The Balaban J connectivity index is 2.12. The molecule has 94 valence electrons. The highest BCUT2D eigenvalue weighted by Crippen LogP contribution is 2.26. The number of nitrogens with one attached hydrogen (secondary N) is 1. The van der Waals surface area contributed by atoms with Gasteiger partial charge in [-0.3, -0.25) is 4.79 Å². The van der Waals surface area contributed by atoms with Crippen LogP contribution in [0, 0.1) is 0 Å². The van der Waals surface area contributed by atoms with E-state index in [1.807, 2.05) is 42.3 Å². The molecule has 0 radical (unpaired) electrons. The third kappa shape index (κ3) is 2.53. The van der Waals surface area contributed by atoms with Gasteiger partial charge in [-0.25, -0.2) is 0 Å². The van der Waals surface area contributed by atoms with Crippen molar-refractivity contribution < 1.29 is 9.53 Å². The van der Waals surface area contributed by atoms with Gasteiger partial charge in [-0.05, 0) is 24.3 Å². The number of para-hydroxylation sites is 2. The number of aromatic amines is 1. The second-order valence-corrected chi connectivity index (χ2v) is 4.03. The van der Waals surface area contributed by atoms with E-state index in [0.29, 0.717) is 12.2 Å². The van der Waals surface area contributed by atoms with Gasteiger partial charge < -0.3 is 14.6 Å². The lowest BCUT2D eigenvalue weighted by Crippen LogP contribution is -2.26. The first kappa shape index (κ1) is 12.2. The molecule has 1 aromatic carbocycles. The minimum absolute atomic E-state index is 0.0495. The minimum Gasteiger partial charge on any atom is -0.495 e. The van der Waals surface area contributed by atoms with Crippen LogP contribution in [0.2, 0.25) is 0 Å². The monoisotopic (exact) mass is 244 g/mol. The molecule has 4 heteroatoms. The summed E-state index contributed by atoms with van der Waals surface area (Å²) in [6.07, 6.45) is 1.75. The van der Waals surface area contributed by atoms with Crippen molar-refractivity contribution in [3.8, 4) is 5.75 Å². The van der Waals surface area contributed by atoms with Gasteiger partial charge in [0.05, 0.1) is 25.0 Å². The Hall–Kier alpha value is -2.23. The summed E-state index contributed by atoms with van der Waals surface area (Å²) in [6, 6.07) is 11.2. The SMILES string of the molecule is COc1ccccc1N(C)CC(=O)c1ccc[nH]1. The van der Waals surface area contributed by atoms with Crippen LogP contribution < -0.4 is 9.64 Å². The highest BCUT2D eigenvalue weighted by atomic mass is 16.5. The van der Waals surface area contributed by atoms with Crippen LogP contribution in [0.5, 0.6) is 5.75 Å². The van der Waals surface area contributed by atoms with Gasteiger partial charge in [0.2, 0.25) is 0 Å². The molecule has 2 rings (SSSR count). The Labute approximate surface area is 106 Å². The molecule has 1 N–H and O–H groups in total. The Bertz CT molecular complexity index is 520. The summed E-state index contributed by atoms with van der Waals surface area (Å²) in [5.41, 5.74) is 1.52. The maximum absolute atomic E-state index is 12.0. The first-order valence-electron chi connectivity index (χ1n) is 5.73. The van der Waals surface area contributed by atoms with E-state index in [-0.39, 0.29) is 5.78 Å². The molecule has 0 fully saturated rings. The summed E-state index contributed by atoms with van der Waals surface area (Å²) in [4.78, 5) is 16.8. The fourth-order valence-electron chi connectivity index (χ4n) is 1.83. The second-order valence-electron chi connectivity index (χ2n) is 4.03. The van der Waals surface area contributed by atoms with Crippen LogP contribution in [-0.4, -0.2) is 31.5 Å². The van der Waals surface area contributed by atoms with Crippen molar-refractivity contribution in [1.82, 2.24) is 4.98 Å². The number of Topliss-reactive ketones (excluding diaryl/α,β-unsaturated/α-hetero) is 1. The number of benzene rings is 1. The van der Waals surface area contributed by atoms with E-state index in [0.717, 1.165) is 11.4 Å². The number of ether oxygens (including phenoxy) is 1. The van der Waals surface area contributed by atoms with Gasteiger partial charge >= 0.3 is 0 Å². The van der Waals surface area contributed by atoms with E-state index in [2.05, 4.69) is 4.98 Å². The number of anilines is 1. The Morgan fingerprint density at radius 3 is 2.72 bits per heavy atom. The van der Waals surface area contributed by atoms with Crippen LogP contribution in [-0.2, 0) is 0 Å². The molecule has 0 aliphatic carbocycles. The lowest BCUT2D eigenvalue weighted by molar-refractivity contribution is 0.0996. The number of likely N-dealkylation sites (N-methyl/N-ethyl adjacent to an activating group) is 1. The number of hydrogen-bond donors (Lipinski definition) is 1. The van der Waals surface area contributed by atoms with Gasteiger partial charge in [-0.2, -0.15) is 0 Å². The van der Waals surface area contributed by atoms with Crippen molar-refractivity contribution in [2.24, 2.45) is 0 Å². The molecule has 1 aromatic heterocycles. The lowest BCUT2D eigenvalue weighted by atomic mass is 10.2. The summed E-state index contributed by atoms with van der Waals surface area (Å²) < 4.78 is 5.28. The zero-order valence-electron chi connectivity index (χ0n) is 10.5. The zero-order valence-corrected chi connectivity index (χ0v) is 10.5. The van der Waals surface area contributed by atoms with Crippen molar-refractivity contribution in [2.75, 3.05) is 25.6 Å². The van der Waals surface area contributed by atoms with E-state index < -0.39 is 0 Å². The molecule has 1 heterocycles. The molecule has 0 saturated heterocycles. The Kier molecular flexibility index (Phi) is 3.67. The van der Waals surface area contributed by atoms with Gasteiger partial charge in [0.15, 0.2) is 5.78 Å². The third-order valence-corrected chi connectivity index (χ3v) is 2.78. The lowest BCUT2D eigenvalue weighted by Gasteiger charge is -2.20. The van der Waals surface area contributed by atoms with Crippen molar-refractivity contribution in [2.45, 2.75) is 0 Å². The van der Waals surface area contributed by atoms with Crippen LogP contribution in [0.3, 0.4) is 0 Å². The predicted molar refractivity (Wildman–Crippen MR) is 71.4 cm³/mol. The molecule has 0 saturated carbocycles. The molecule has 0 aliphatic heterocycles. The maximum atomic E-state index is 12.0. The second kappa shape index (κ2) is 5.40. The molecule has 4 nitrogen and oxygen atoms in total. The van der Waals surface area contributed by atoms with Gasteiger partial charge in [-0.15, -0.1) is 0 Å². The van der Waals surface area contributed by atoms with Crippen LogP contribution >= 0.6 is 0 Å². The molecule has 0 unspecified atom stereocenters. The van der Waals surface area contributed by atoms with Gasteiger partial charge in [-0.1, -0.05) is 12.1 Å². The Morgan fingerprint density at radius 2 is 2.06 bits per heavy atom. The van der Waals surface area contributed by atoms with Crippen LogP contribution in [0.15, 0.2) is 42.6 Å². The number of hydrogen-bond acceptors (Lipinski definition) is 3. The van der Waals surface area contributed by atoms with Crippen molar-refractivity contribution in [1.29, 1.82) is 0 Å². The quantitative estimate of drug-likeness (QED) is 0.821. The number of nitrogens with zero attached hydrogens (tertiary/aromatic N) is 1. The third-order valence-electron chi connectivity index (χ3n) is 2.78. The topological polar surface area (TPSA) is 45.3 Å². The molecule has 0 bridgehead atoms. The summed E-state index contributed by atoms with van der Waals surface area (Å²) in [5, 5.41) is 0. The zero-order chi connectivity index (χ0) is 13.0. The molecular weight excluding hydrogens is 228 g/mol. The largest absolute Gasteiger partial charge is 0.495 e. The number of aromatic nitrogens is 1.